The fraction of sp³-hybridized carbons (Fsp3) is 0.800. The molecule has 0 saturated carbocycles. The van der Waals surface area contributed by atoms with Crippen molar-refractivity contribution < 1.29 is 9.84 Å². The third-order valence-electron chi connectivity index (χ3n) is 2.91. The molecule has 0 fully saturated rings. The largest absolute Gasteiger partial charge is 0.389 e. The second-order valence-electron chi connectivity index (χ2n) is 5.59. The van der Waals surface area contributed by atoms with Crippen molar-refractivity contribution in [2.75, 3.05) is 26.3 Å². The van der Waals surface area contributed by atoms with Gasteiger partial charge in [-0.15, -0.1) is 0 Å². The molecule has 0 saturated heterocycles. The summed E-state index contributed by atoms with van der Waals surface area (Å²) in [5.41, 5.74) is 0. The summed E-state index contributed by atoms with van der Waals surface area (Å²) in [6, 6.07) is 0.419. The van der Waals surface area contributed by atoms with Crippen molar-refractivity contribution in [2.24, 2.45) is 10.9 Å². The summed E-state index contributed by atoms with van der Waals surface area (Å²) < 4.78 is 5.41. The molecule has 116 valence electrons. The highest BCUT2D eigenvalue weighted by Crippen LogP contribution is 2.08. The van der Waals surface area contributed by atoms with Crippen LogP contribution in [0, 0.1) is 5.92 Å². The molecule has 0 aromatic rings. The van der Waals surface area contributed by atoms with Gasteiger partial charge in [0.15, 0.2) is 5.96 Å². The van der Waals surface area contributed by atoms with E-state index in [1.54, 1.807) is 0 Å². The maximum absolute atomic E-state index is 9.84. The van der Waals surface area contributed by atoms with Gasteiger partial charge in [-0.05, 0) is 25.7 Å². The van der Waals surface area contributed by atoms with Crippen LogP contribution in [0.25, 0.3) is 0 Å². The molecule has 0 amide bonds. The van der Waals surface area contributed by atoms with Gasteiger partial charge >= 0.3 is 0 Å². The molecule has 0 radical (unpaired) electrons. The topological polar surface area (TPSA) is 65.9 Å². The zero-order chi connectivity index (χ0) is 14.8. The fourth-order valence-electron chi connectivity index (χ4n) is 1.94. The van der Waals surface area contributed by atoms with Crippen LogP contribution in [0.2, 0.25) is 0 Å². The summed E-state index contributed by atoms with van der Waals surface area (Å²) in [4.78, 5) is 4.41. The van der Waals surface area contributed by atoms with Gasteiger partial charge in [-0.25, -0.2) is 0 Å². The Balaban J connectivity index is 2.29. The normalized spacial score (nSPS) is 17.8. The fourth-order valence-corrected chi connectivity index (χ4v) is 1.94. The Morgan fingerprint density at radius 2 is 2.05 bits per heavy atom. The summed E-state index contributed by atoms with van der Waals surface area (Å²) in [5, 5.41) is 16.4. The lowest BCUT2D eigenvalue weighted by Crippen LogP contribution is -2.43. The summed E-state index contributed by atoms with van der Waals surface area (Å²) in [6.45, 7) is 8.39. The van der Waals surface area contributed by atoms with Crippen LogP contribution in [0.5, 0.6) is 0 Å². The van der Waals surface area contributed by atoms with Crippen molar-refractivity contribution in [3.63, 3.8) is 0 Å². The maximum atomic E-state index is 9.84. The molecule has 1 unspecified atom stereocenters. The van der Waals surface area contributed by atoms with Gasteiger partial charge in [-0.3, -0.25) is 4.99 Å². The minimum atomic E-state index is -0.550. The highest BCUT2D eigenvalue weighted by molar-refractivity contribution is 5.80. The molecule has 0 aromatic carbocycles. The molecule has 1 atom stereocenters. The molecule has 1 aliphatic carbocycles. The van der Waals surface area contributed by atoms with Gasteiger partial charge in [0, 0.05) is 19.2 Å². The first-order valence-electron chi connectivity index (χ1n) is 7.57. The van der Waals surface area contributed by atoms with E-state index in [9.17, 15) is 5.11 Å². The maximum Gasteiger partial charge on any atom is 0.191 e. The van der Waals surface area contributed by atoms with Crippen LogP contribution >= 0.6 is 0 Å². The molecular formula is C15H29N3O2. The number of ether oxygens (including phenoxy) is 1. The lowest BCUT2D eigenvalue weighted by atomic mass is 10.2. The Labute approximate surface area is 122 Å². The van der Waals surface area contributed by atoms with E-state index in [0.717, 1.165) is 25.3 Å². The summed E-state index contributed by atoms with van der Waals surface area (Å²) in [7, 11) is 0. The molecule has 5 heteroatoms. The van der Waals surface area contributed by atoms with Crippen LogP contribution in [-0.2, 0) is 4.74 Å². The molecule has 20 heavy (non-hydrogen) atoms. The number of aliphatic hydroxyl groups excluding tert-OH is 1. The quantitative estimate of drug-likeness (QED) is 0.357. The zero-order valence-corrected chi connectivity index (χ0v) is 12.9. The Kier molecular flexibility index (Phi) is 8.30. The van der Waals surface area contributed by atoms with Crippen molar-refractivity contribution in [3.8, 4) is 0 Å². The molecular weight excluding hydrogens is 254 g/mol. The van der Waals surface area contributed by atoms with E-state index in [-0.39, 0.29) is 0 Å². The first-order chi connectivity index (χ1) is 9.61. The third kappa shape index (κ3) is 7.50. The average molecular weight is 283 g/mol. The van der Waals surface area contributed by atoms with Crippen molar-refractivity contribution in [1.82, 2.24) is 10.6 Å². The van der Waals surface area contributed by atoms with Gasteiger partial charge < -0.3 is 20.5 Å². The van der Waals surface area contributed by atoms with Crippen molar-refractivity contribution in [3.05, 3.63) is 12.2 Å². The predicted molar refractivity (Wildman–Crippen MR) is 82.9 cm³/mol. The standard InChI is InChI=1S/C15H29N3O2/c1-4-16-15(18-13-7-5-6-8-13)17-9-14(19)11-20-10-12(2)3/h5-6,12-14,19H,4,7-11H2,1-3H3,(H2,16,17,18). The third-order valence-corrected chi connectivity index (χ3v) is 2.91. The molecule has 5 nitrogen and oxygen atoms in total. The van der Waals surface area contributed by atoms with Crippen LogP contribution in [0.4, 0.5) is 0 Å². The summed E-state index contributed by atoms with van der Waals surface area (Å²) in [5.74, 6) is 1.25. The summed E-state index contributed by atoms with van der Waals surface area (Å²) >= 11 is 0. The van der Waals surface area contributed by atoms with E-state index in [1.807, 2.05) is 6.92 Å². The Morgan fingerprint density at radius 1 is 1.35 bits per heavy atom. The molecule has 0 heterocycles. The lowest BCUT2D eigenvalue weighted by molar-refractivity contribution is 0.0301. The number of aliphatic hydroxyl groups is 1. The molecule has 0 aliphatic heterocycles. The zero-order valence-electron chi connectivity index (χ0n) is 12.9. The first kappa shape index (κ1) is 17.0. The molecule has 1 rings (SSSR count). The van der Waals surface area contributed by atoms with Crippen LogP contribution in [0.3, 0.4) is 0 Å². The van der Waals surface area contributed by atoms with Gasteiger partial charge in [0.05, 0.1) is 19.3 Å². The Morgan fingerprint density at radius 3 is 2.65 bits per heavy atom. The van der Waals surface area contributed by atoms with E-state index in [0.29, 0.717) is 31.7 Å². The van der Waals surface area contributed by atoms with Crippen molar-refractivity contribution in [1.29, 1.82) is 0 Å². The average Bonchev–Trinajstić information content (AvgIpc) is 2.88. The first-order valence-corrected chi connectivity index (χ1v) is 7.57. The monoisotopic (exact) mass is 283 g/mol. The van der Waals surface area contributed by atoms with E-state index in [1.165, 1.54) is 0 Å². The van der Waals surface area contributed by atoms with E-state index in [4.69, 9.17) is 4.74 Å². The SMILES string of the molecule is CCNC(=NCC(O)COCC(C)C)NC1CC=CC1. The van der Waals surface area contributed by atoms with Crippen LogP contribution < -0.4 is 10.6 Å². The minimum absolute atomic E-state index is 0.339. The van der Waals surface area contributed by atoms with Crippen molar-refractivity contribution in [2.45, 2.75) is 45.8 Å². The van der Waals surface area contributed by atoms with Gasteiger partial charge in [0.2, 0.25) is 0 Å². The van der Waals surface area contributed by atoms with Gasteiger partial charge in [0.25, 0.3) is 0 Å². The van der Waals surface area contributed by atoms with Crippen LogP contribution in [0.15, 0.2) is 17.1 Å². The number of rotatable bonds is 8. The second kappa shape index (κ2) is 9.77. The molecule has 1 aliphatic rings. The lowest BCUT2D eigenvalue weighted by Gasteiger charge is -2.17. The predicted octanol–water partition coefficient (Wildman–Crippen LogP) is 1.29. The number of aliphatic imine (C=N–C) groups is 1. The van der Waals surface area contributed by atoms with Crippen molar-refractivity contribution >= 4 is 5.96 Å². The highest BCUT2D eigenvalue weighted by atomic mass is 16.5. The molecule has 0 spiro atoms. The Hall–Kier alpha value is -1.07. The molecule has 0 bridgehead atoms. The number of hydrogen-bond acceptors (Lipinski definition) is 3. The number of nitrogens with zero attached hydrogens (tertiary/aromatic N) is 1. The van der Waals surface area contributed by atoms with Gasteiger partial charge in [-0.1, -0.05) is 26.0 Å². The highest BCUT2D eigenvalue weighted by Gasteiger charge is 2.12. The van der Waals surface area contributed by atoms with Crippen LogP contribution in [-0.4, -0.2) is 49.5 Å². The van der Waals surface area contributed by atoms with Crippen LogP contribution in [0.1, 0.15) is 33.6 Å². The number of nitrogens with one attached hydrogen (secondary N) is 2. The number of guanidine groups is 1. The summed E-state index contributed by atoms with van der Waals surface area (Å²) in [6.07, 6.45) is 5.87. The van der Waals surface area contributed by atoms with E-state index >= 15 is 0 Å². The second-order valence-corrected chi connectivity index (χ2v) is 5.59. The minimum Gasteiger partial charge on any atom is -0.389 e. The molecule has 3 N–H and O–H groups in total. The smallest absolute Gasteiger partial charge is 0.191 e. The molecule has 0 aromatic heterocycles. The number of hydrogen-bond donors (Lipinski definition) is 3. The van der Waals surface area contributed by atoms with Gasteiger partial charge in [-0.2, -0.15) is 0 Å². The Bertz CT molecular complexity index is 308. The van der Waals surface area contributed by atoms with E-state index < -0.39 is 6.10 Å². The van der Waals surface area contributed by atoms with E-state index in [2.05, 4.69) is 41.6 Å². The van der Waals surface area contributed by atoms with Gasteiger partial charge in [0.1, 0.15) is 0 Å².